The molecule has 1 aliphatic rings. The fraction of sp³-hybridized carbons (Fsp3) is 0.500. The maximum atomic E-state index is 8.66. The summed E-state index contributed by atoms with van der Waals surface area (Å²) in [4.78, 5) is 0. The second-order valence-electron chi connectivity index (χ2n) is 4.50. The molecule has 0 amide bonds. The van der Waals surface area contributed by atoms with Crippen LogP contribution in [-0.2, 0) is 9.47 Å². The molecular weight excluding hydrogens is 204 g/mol. The lowest BCUT2D eigenvalue weighted by atomic mass is 9.98. The fourth-order valence-electron chi connectivity index (χ4n) is 1.42. The third-order valence-corrected chi connectivity index (χ3v) is 2.31. The number of nitriles is 2. The minimum absolute atomic E-state index is 0.468. The Morgan fingerprint density at radius 1 is 0.875 bits per heavy atom. The van der Waals surface area contributed by atoms with Gasteiger partial charge in [-0.1, -0.05) is 0 Å². The zero-order valence-electron chi connectivity index (χ0n) is 9.87. The number of rotatable bonds is 0. The number of ether oxygens (including phenoxy) is 2. The SMILES string of the molecule is CC1(C)O/C(=C/C#N)C(C)(C)O/C1=C/C#N. The topological polar surface area (TPSA) is 66.0 Å². The van der Waals surface area contributed by atoms with E-state index in [9.17, 15) is 0 Å². The summed E-state index contributed by atoms with van der Waals surface area (Å²) in [5, 5.41) is 17.3. The van der Waals surface area contributed by atoms with Crippen molar-refractivity contribution in [1.29, 1.82) is 10.5 Å². The van der Waals surface area contributed by atoms with Gasteiger partial charge < -0.3 is 9.47 Å². The van der Waals surface area contributed by atoms with Crippen molar-refractivity contribution < 1.29 is 9.47 Å². The first-order valence-electron chi connectivity index (χ1n) is 4.92. The standard InChI is InChI=1S/C12H14N2O2/c1-11(2)9(5-7-13)16-12(3,4)10(15-11)6-8-14/h5-6H,1-4H3/b9-5+,10-6+. The monoisotopic (exact) mass is 218 g/mol. The van der Waals surface area contributed by atoms with Crippen LogP contribution < -0.4 is 0 Å². The highest BCUT2D eigenvalue weighted by Gasteiger charge is 2.43. The maximum absolute atomic E-state index is 8.66. The molecule has 4 heteroatoms. The summed E-state index contributed by atoms with van der Waals surface area (Å²) < 4.78 is 11.4. The Morgan fingerprint density at radius 3 is 1.44 bits per heavy atom. The largest absolute Gasteiger partial charge is 0.479 e. The van der Waals surface area contributed by atoms with E-state index >= 15 is 0 Å². The van der Waals surface area contributed by atoms with Gasteiger partial charge in [0.15, 0.2) is 22.7 Å². The molecule has 0 atom stereocenters. The lowest BCUT2D eigenvalue weighted by molar-refractivity contribution is -0.120. The molecule has 0 N–H and O–H groups in total. The highest BCUT2D eigenvalue weighted by molar-refractivity contribution is 5.27. The highest BCUT2D eigenvalue weighted by Crippen LogP contribution is 2.39. The van der Waals surface area contributed by atoms with Crippen LogP contribution in [0.1, 0.15) is 27.7 Å². The van der Waals surface area contributed by atoms with Gasteiger partial charge in [0, 0.05) is 0 Å². The van der Waals surface area contributed by atoms with Crippen molar-refractivity contribution in [2.24, 2.45) is 0 Å². The summed E-state index contributed by atoms with van der Waals surface area (Å²) in [5.41, 5.74) is -1.46. The average Bonchev–Trinajstić information content (AvgIpc) is 2.14. The van der Waals surface area contributed by atoms with E-state index in [2.05, 4.69) is 0 Å². The Kier molecular flexibility index (Phi) is 2.96. The molecular formula is C12H14N2O2. The van der Waals surface area contributed by atoms with E-state index < -0.39 is 11.2 Å². The molecule has 1 rings (SSSR count). The number of nitrogens with zero attached hydrogens (tertiary/aromatic N) is 2. The van der Waals surface area contributed by atoms with Crippen molar-refractivity contribution in [2.45, 2.75) is 38.9 Å². The molecule has 0 aromatic rings. The van der Waals surface area contributed by atoms with E-state index in [1.54, 1.807) is 27.7 Å². The van der Waals surface area contributed by atoms with Crippen LogP contribution in [-0.4, -0.2) is 11.2 Å². The third kappa shape index (κ3) is 2.17. The molecule has 1 saturated heterocycles. The summed E-state index contributed by atoms with van der Waals surface area (Å²) in [6.45, 7) is 7.15. The molecule has 1 heterocycles. The van der Waals surface area contributed by atoms with Gasteiger partial charge in [0.25, 0.3) is 0 Å². The van der Waals surface area contributed by atoms with E-state index in [0.717, 1.165) is 0 Å². The van der Waals surface area contributed by atoms with E-state index in [4.69, 9.17) is 20.0 Å². The zero-order chi connectivity index (χ0) is 12.4. The average molecular weight is 218 g/mol. The van der Waals surface area contributed by atoms with Crippen molar-refractivity contribution in [1.82, 2.24) is 0 Å². The molecule has 0 spiro atoms. The van der Waals surface area contributed by atoms with Gasteiger partial charge in [-0.3, -0.25) is 0 Å². The van der Waals surface area contributed by atoms with Gasteiger partial charge in [0.2, 0.25) is 0 Å². The van der Waals surface area contributed by atoms with Gasteiger partial charge in [-0.05, 0) is 27.7 Å². The van der Waals surface area contributed by atoms with Crippen LogP contribution >= 0.6 is 0 Å². The first kappa shape index (κ1) is 12.1. The van der Waals surface area contributed by atoms with Crippen LogP contribution in [0.5, 0.6) is 0 Å². The molecule has 16 heavy (non-hydrogen) atoms. The van der Waals surface area contributed by atoms with Crippen molar-refractivity contribution in [3.63, 3.8) is 0 Å². The smallest absolute Gasteiger partial charge is 0.160 e. The molecule has 0 aromatic carbocycles. The van der Waals surface area contributed by atoms with E-state index in [-0.39, 0.29) is 0 Å². The van der Waals surface area contributed by atoms with Crippen LogP contribution in [0.2, 0.25) is 0 Å². The predicted octanol–water partition coefficient (Wildman–Crippen LogP) is 2.41. The molecule has 4 nitrogen and oxygen atoms in total. The van der Waals surface area contributed by atoms with Crippen molar-refractivity contribution in [3.05, 3.63) is 23.7 Å². The Morgan fingerprint density at radius 2 is 1.19 bits per heavy atom. The molecule has 0 aliphatic carbocycles. The summed E-state index contributed by atoms with van der Waals surface area (Å²) in [5.74, 6) is 0.935. The Bertz CT molecular complexity index is 389. The molecule has 0 saturated carbocycles. The second kappa shape index (κ2) is 3.90. The molecule has 0 aromatic heterocycles. The summed E-state index contributed by atoms with van der Waals surface area (Å²) in [6.07, 6.45) is 2.65. The number of hydrogen-bond acceptors (Lipinski definition) is 4. The molecule has 0 unspecified atom stereocenters. The van der Waals surface area contributed by atoms with Crippen LogP contribution in [0.3, 0.4) is 0 Å². The molecule has 1 aliphatic heterocycles. The fourth-order valence-corrected chi connectivity index (χ4v) is 1.42. The zero-order valence-corrected chi connectivity index (χ0v) is 9.87. The highest BCUT2D eigenvalue weighted by atomic mass is 16.6. The Balaban J connectivity index is 3.16. The second-order valence-corrected chi connectivity index (χ2v) is 4.50. The molecule has 0 bridgehead atoms. The first-order valence-corrected chi connectivity index (χ1v) is 4.92. The van der Waals surface area contributed by atoms with Crippen molar-refractivity contribution in [3.8, 4) is 12.1 Å². The summed E-state index contributed by atoms with van der Waals surface area (Å²) in [6, 6.07) is 3.85. The van der Waals surface area contributed by atoms with Crippen LogP contribution in [0.4, 0.5) is 0 Å². The lowest BCUT2D eigenvalue weighted by Crippen LogP contribution is -2.44. The molecule has 84 valence electrons. The minimum Gasteiger partial charge on any atom is -0.479 e. The van der Waals surface area contributed by atoms with Crippen LogP contribution in [0.25, 0.3) is 0 Å². The van der Waals surface area contributed by atoms with E-state index in [0.29, 0.717) is 11.5 Å². The van der Waals surface area contributed by atoms with E-state index in [1.807, 2.05) is 12.1 Å². The van der Waals surface area contributed by atoms with Gasteiger partial charge in [-0.15, -0.1) is 0 Å². The normalized spacial score (nSPS) is 26.4. The van der Waals surface area contributed by atoms with Crippen LogP contribution in [0.15, 0.2) is 23.7 Å². The van der Waals surface area contributed by atoms with Crippen molar-refractivity contribution in [2.75, 3.05) is 0 Å². The third-order valence-electron chi connectivity index (χ3n) is 2.31. The Labute approximate surface area is 95.4 Å². The Hall–Kier alpha value is -1.94. The quantitative estimate of drug-likeness (QED) is 0.585. The lowest BCUT2D eigenvalue weighted by Gasteiger charge is -2.43. The van der Waals surface area contributed by atoms with Crippen molar-refractivity contribution >= 4 is 0 Å². The van der Waals surface area contributed by atoms with Gasteiger partial charge >= 0.3 is 0 Å². The van der Waals surface area contributed by atoms with Gasteiger partial charge in [0.05, 0.1) is 24.3 Å². The predicted molar refractivity (Wildman–Crippen MR) is 57.7 cm³/mol. The molecule has 1 fully saturated rings. The summed E-state index contributed by atoms with van der Waals surface area (Å²) >= 11 is 0. The number of allylic oxidation sites excluding steroid dienone is 2. The van der Waals surface area contributed by atoms with Gasteiger partial charge in [-0.2, -0.15) is 10.5 Å². The van der Waals surface area contributed by atoms with E-state index in [1.165, 1.54) is 12.2 Å². The summed E-state index contributed by atoms with van der Waals surface area (Å²) in [7, 11) is 0. The minimum atomic E-state index is -0.728. The van der Waals surface area contributed by atoms with Gasteiger partial charge in [-0.25, -0.2) is 0 Å². The first-order chi connectivity index (χ1) is 7.33. The maximum Gasteiger partial charge on any atom is 0.160 e. The van der Waals surface area contributed by atoms with Crippen LogP contribution in [0, 0.1) is 22.7 Å². The molecule has 0 radical (unpaired) electrons. The van der Waals surface area contributed by atoms with Gasteiger partial charge in [0.1, 0.15) is 0 Å². The number of hydrogen-bond donors (Lipinski definition) is 0.